The van der Waals surface area contributed by atoms with Gasteiger partial charge in [0.2, 0.25) is 0 Å². The van der Waals surface area contributed by atoms with E-state index in [1.54, 1.807) is 18.2 Å². The van der Waals surface area contributed by atoms with Crippen LogP contribution in [0.15, 0.2) is 48.5 Å². The minimum Gasteiger partial charge on any atom is -0.489 e. The second-order valence-corrected chi connectivity index (χ2v) is 8.79. The van der Waals surface area contributed by atoms with Crippen molar-refractivity contribution in [1.29, 1.82) is 0 Å². The van der Waals surface area contributed by atoms with E-state index in [1.165, 1.54) is 16.9 Å². The van der Waals surface area contributed by atoms with Gasteiger partial charge < -0.3 is 24.2 Å². The molecular weight excluding hydrogens is 452 g/mol. The first-order chi connectivity index (χ1) is 16.8. The molecule has 1 heterocycles. The topological polar surface area (TPSA) is 106 Å². The number of carbonyl (C=O) groups is 3. The standard InChI is InChI=1S/C26H32N2O7/c1-18(2)16-35-26(32)28(20-11-13-27(14-12-20)25(30)31)23-10-9-21(15-22(23)24(29)33-3)34-17-19-7-5-4-6-8-19/h4-10,15,18,20H,11-14,16-17H2,1-3H3,(H,30,31). The van der Waals surface area contributed by atoms with Crippen LogP contribution in [0, 0.1) is 5.92 Å². The van der Waals surface area contributed by atoms with E-state index in [1.807, 2.05) is 44.2 Å². The number of piperidine rings is 1. The summed E-state index contributed by atoms with van der Waals surface area (Å²) in [7, 11) is 1.27. The van der Waals surface area contributed by atoms with Gasteiger partial charge in [-0.1, -0.05) is 44.2 Å². The number of hydrogen-bond acceptors (Lipinski definition) is 6. The van der Waals surface area contributed by atoms with Gasteiger partial charge in [-0.15, -0.1) is 0 Å². The highest BCUT2D eigenvalue weighted by Gasteiger charge is 2.34. The molecule has 9 nitrogen and oxygen atoms in total. The summed E-state index contributed by atoms with van der Waals surface area (Å²) in [6, 6.07) is 14.2. The summed E-state index contributed by atoms with van der Waals surface area (Å²) in [6.07, 6.45) is -0.755. The van der Waals surface area contributed by atoms with Gasteiger partial charge in [-0.25, -0.2) is 14.4 Å². The molecule has 0 spiro atoms. The van der Waals surface area contributed by atoms with E-state index in [0.717, 1.165) is 5.56 Å². The number of carbonyl (C=O) groups excluding carboxylic acids is 2. The summed E-state index contributed by atoms with van der Waals surface area (Å²) < 4.78 is 16.4. The maximum Gasteiger partial charge on any atom is 0.414 e. The fraction of sp³-hybridized carbons (Fsp3) is 0.423. The number of benzene rings is 2. The molecule has 1 fully saturated rings. The van der Waals surface area contributed by atoms with E-state index in [0.29, 0.717) is 30.9 Å². The van der Waals surface area contributed by atoms with Gasteiger partial charge in [0.25, 0.3) is 0 Å². The minimum absolute atomic E-state index is 0.128. The quantitative estimate of drug-likeness (QED) is 0.537. The van der Waals surface area contributed by atoms with Crippen molar-refractivity contribution in [2.24, 2.45) is 5.92 Å². The number of ether oxygens (including phenoxy) is 3. The van der Waals surface area contributed by atoms with Crippen LogP contribution in [0.25, 0.3) is 0 Å². The second kappa shape index (κ2) is 12.1. The van der Waals surface area contributed by atoms with Crippen molar-refractivity contribution in [3.8, 4) is 5.75 Å². The first-order valence-corrected chi connectivity index (χ1v) is 11.6. The Morgan fingerprint density at radius 2 is 1.77 bits per heavy atom. The van der Waals surface area contributed by atoms with E-state index in [9.17, 15) is 19.5 Å². The molecule has 9 heteroatoms. The van der Waals surface area contributed by atoms with Crippen LogP contribution >= 0.6 is 0 Å². The number of likely N-dealkylation sites (tertiary alicyclic amines) is 1. The number of anilines is 1. The number of methoxy groups -OCH3 is 1. The van der Waals surface area contributed by atoms with Crippen LogP contribution in [0.3, 0.4) is 0 Å². The average molecular weight is 485 g/mol. The molecule has 0 unspecified atom stereocenters. The van der Waals surface area contributed by atoms with Crippen LogP contribution in [0.2, 0.25) is 0 Å². The molecule has 2 aromatic carbocycles. The molecule has 188 valence electrons. The van der Waals surface area contributed by atoms with Crippen molar-refractivity contribution in [2.45, 2.75) is 39.3 Å². The smallest absolute Gasteiger partial charge is 0.414 e. The number of carboxylic acid groups (broad SMARTS) is 1. The van der Waals surface area contributed by atoms with E-state index >= 15 is 0 Å². The van der Waals surface area contributed by atoms with Crippen molar-refractivity contribution >= 4 is 23.8 Å². The van der Waals surface area contributed by atoms with Crippen LogP contribution in [0.5, 0.6) is 5.75 Å². The minimum atomic E-state index is -0.993. The Kier molecular flexibility index (Phi) is 8.94. The molecular formula is C26H32N2O7. The molecule has 0 radical (unpaired) electrons. The molecule has 0 saturated carbocycles. The van der Waals surface area contributed by atoms with Crippen molar-refractivity contribution in [3.05, 3.63) is 59.7 Å². The normalized spacial score (nSPS) is 13.9. The lowest BCUT2D eigenvalue weighted by atomic mass is 10.0. The summed E-state index contributed by atoms with van der Waals surface area (Å²) >= 11 is 0. The molecule has 3 rings (SSSR count). The van der Waals surface area contributed by atoms with E-state index in [2.05, 4.69) is 0 Å². The van der Waals surface area contributed by atoms with Crippen molar-refractivity contribution < 1.29 is 33.7 Å². The average Bonchev–Trinajstić information content (AvgIpc) is 2.87. The van der Waals surface area contributed by atoms with Gasteiger partial charge in [-0.3, -0.25) is 4.90 Å². The van der Waals surface area contributed by atoms with Gasteiger partial charge in [0.1, 0.15) is 12.4 Å². The number of amides is 2. The van der Waals surface area contributed by atoms with E-state index < -0.39 is 18.2 Å². The van der Waals surface area contributed by atoms with Crippen LogP contribution in [-0.2, 0) is 16.1 Å². The van der Waals surface area contributed by atoms with E-state index in [-0.39, 0.29) is 37.2 Å². The zero-order chi connectivity index (χ0) is 25.4. The molecule has 0 atom stereocenters. The van der Waals surface area contributed by atoms with Gasteiger partial charge in [-0.2, -0.15) is 0 Å². The van der Waals surface area contributed by atoms with Gasteiger partial charge in [0, 0.05) is 19.1 Å². The highest BCUT2D eigenvalue weighted by molar-refractivity contribution is 6.01. The maximum absolute atomic E-state index is 13.2. The molecule has 2 aromatic rings. The van der Waals surface area contributed by atoms with Crippen molar-refractivity contribution in [3.63, 3.8) is 0 Å². The number of hydrogen-bond donors (Lipinski definition) is 1. The Morgan fingerprint density at radius 3 is 2.37 bits per heavy atom. The molecule has 1 saturated heterocycles. The van der Waals surface area contributed by atoms with Crippen molar-refractivity contribution in [1.82, 2.24) is 4.90 Å². The SMILES string of the molecule is COC(=O)c1cc(OCc2ccccc2)ccc1N(C(=O)OCC(C)C)C1CCN(C(=O)O)CC1. The largest absolute Gasteiger partial charge is 0.489 e. The molecule has 2 amide bonds. The zero-order valence-electron chi connectivity index (χ0n) is 20.3. The van der Waals surface area contributed by atoms with Crippen molar-refractivity contribution in [2.75, 3.05) is 31.7 Å². The third kappa shape index (κ3) is 6.88. The summed E-state index contributed by atoms with van der Waals surface area (Å²) in [5.41, 5.74) is 1.48. The number of nitrogens with zero attached hydrogens (tertiary/aromatic N) is 2. The lowest BCUT2D eigenvalue weighted by Gasteiger charge is -2.37. The van der Waals surface area contributed by atoms with Gasteiger partial charge >= 0.3 is 18.2 Å². The monoisotopic (exact) mass is 484 g/mol. The summed E-state index contributed by atoms with van der Waals surface area (Å²) in [5, 5.41) is 9.29. The maximum atomic E-state index is 13.2. The van der Waals surface area contributed by atoms with E-state index in [4.69, 9.17) is 14.2 Å². The number of rotatable bonds is 8. The predicted octanol–water partition coefficient (Wildman–Crippen LogP) is 4.79. The molecule has 1 aliphatic heterocycles. The number of esters is 1. The Labute approximate surface area is 205 Å². The van der Waals surface area contributed by atoms with Gasteiger partial charge in [0.05, 0.1) is 25.0 Å². The Bertz CT molecular complexity index is 1020. The molecule has 1 N–H and O–H groups in total. The molecule has 0 aliphatic carbocycles. The molecule has 1 aliphatic rings. The van der Waals surface area contributed by atoms with Crippen LogP contribution in [0.1, 0.15) is 42.6 Å². The summed E-state index contributed by atoms with van der Waals surface area (Å²) in [4.78, 5) is 40.1. The van der Waals surface area contributed by atoms with Gasteiger partial charge in [-0.05, 0) is 42.5 Å². The molecule has 0 bridgehead atoms. The van der Waals surface area contributed by atoms with Gasteiger partial charge in [0.15, 0.2) is 0 Å². The fourth-order valence-corrected chi connectivity index (χ4v) is 3.90. The molecule has 35 heavy (non-hydrogen) atoms. The molecule has 0 aromatic heterocycles. The highest BCUT2D eigenvalue weighted by atomic mass is 16.6. The Morgan fingerprint density at radius 1 is 1.09 bits per heavy atom. The van der Waals surface area contributed by atoms with Crippen LogP contribution in [0.4, 0.5) is 15.3 Å². The third-order valence-corrected chi connectivity index (χ3v) is 5.72. The first-order valence-electron chi connectivity index (χ1n) is 11.6. The highest BCUT2D eigenvalue weighted by Crippen LogP contribution is 2.32. The zero-order valence-corrected chi connectivity index (χ0v) is 20.3. The fourth-order valence-electron chi connectivity index (χ4n) is 3.90. The van der Waals surface area contributed by atoms with Crippen LogP contribution in [-0.4, -0.2) is 61.0 Å². The Balaban J connectivity index is 1.91. The lowest BCUT2D eigenvalue weighted by molar-refractivity contribution is 0.0600. The van der Waals surface area contributed by atoms with Crippen LogP contribution < -0.4 is 9.64 Å². The first kappa shape index (κ1) is 25.9. The third-order valence-electron chi connectivity index (χ3n) is 5.72. The predicted molar refractivity (Wildman–Crippen MR) is 130 cm³/mol. The Hall–Kier alpha value is -3.75. The second-order valence-electron chi connectivity index (χ2n) is 8.79. The lowest BCUT2D eigenvalue weighted by Crippen LogP contribution is -2.49. The summed E-state index contributed by atoms with van der Waals surface area (Å²) in [5.74, 6) is -0.0347. The summed E-state index contributed by atoms with van der Waals surface area (Å²) in [6.45, 7) is 4.95.